The van der Waals surface area contributed by atoms with Crippen LogP contribution in [0.5, 0.6) is 0 Å². The van der Waals surface area contributed by atoms with E-state index in [2.05, 4.69) is 6.92 Å². The fraction of sp³-hybridized carbons (Fsp3) is 0.412. The van der Waals surface area contributed by atoms with Crippen LogP contribution < -0.4 is 0 Å². The Kier molecular flexibility index (Phi) is 6.06. The van der Waals surface area contributed by atoms with E-state index in [4.69, 9.17) is 4.74 Å². The molecule has 0 saturated carbocycles. The first kappa shape index (κ1) is 17.7. The molecule has 0 unspecified atom stereocenters. The van der Waals surface area contributed by atoms with Crippen molar-refractivity contribution in [2.24, 2.45) is 5.92 Å². The summed E-state index contributed by atoms with van der Waals surface area (Å²) in [6.07, 6.45) is 4.51. The van der Waals surface area contributed by atoms with Crippen molar-refractivity contribution in [3.05, 3.63) is 46.0 Å². The van der Waals surface area contributed by atoms with E-state index in [0.29, 0.717) is 24.6 Å². The van der Waals surface area contributed by atoms with Crippen LogP contribution in [0.1, 0.15) is 25.3 Å². The van der Waals surface area contributed by atoms with Crippen LogP contribution in [0, 0.1) is 16.0 Å². The summed E-state index contributed by atoms with van der Waals surface area (Å²) in [5, 5.41) is 10.7. The third kappa shape index (κ3) is 5.19. The highest BCUT2D eigenvalue weighted by molar-refractivity contribution is 5.89. The lowest BCUT2D eigenvalue weighted by atomic mass is 9.99. The van der Waals surface area contributed by atoms with Gasteiger partial charge in [0.15, 0.2) is 6.61 Å². The topological polar surface area (TPSA) is 89.8 Å². The van der Waals surface area contributed by atoms with E-state index in [-0.39, 0.29) is 18.2 Å². The number of carbonyl (C=O) groups excluding carboxylic acids is 2. The number of piperidine rings is 1. The summed E-state index contributed by atoms with van der Waals surface area (Å²) < 4.78 is 4.93. The molecule has 0 spiro atoms. The van der Waals surface area contributed by atoms with Gasteiger partial charge in [0.05, 0.1) is 4.92 Å². The maximum atomic E-state index is 12.0. The lowest BCUT2D eigenvalue weighted by molar-refractivity contribution is -0.384. The number of nitro groups is 1. The molecule has 0 aliphatic carbocycles. The molecule has 1 aliphatic heterocycles. The predicted molar refractivity (Wildman–Crippen MR) is 88.1 cm³/mol. The quantitative estimate of drug-likeness (QED) is 0.357. The standard InChI is InChI=1S/C17H20N2O5/c1-13-7-9-18(10-8-13)16(20)12-24-17(21)6-5-14-3-2-4-15(11-14)19(22)23/h2-6,11,13H,7-10,12H2,1H3/b6-5+. The van der Waals surface area contributed by atoms with Gasteiger partial charge in [-0.2, -0.15) is 0 Å². The Labute approximate surface area is 140 Å². The van der Waals surface area contributed by atoms with Crippen LogP contribution in [0.4, 0.5) is 5.69 Å². The van der Waals surface area contributed by atoms with Gasteiger partial charge >= 0.3 is 5.97 Å². The van der Waals surface area contributed by atoms with Gasteiger partial charge < -0.3 is 9.64 Å². The van der Waals surface area contributed by atoms with Crippen molar-refractivity contribution in [2.75, 3.05) is 19.7 Å². The van der Waals surface area contributed by atoms with Gasteiger partial charge in [-0.25, -0.2) is 4.79 Å². The van der Waals surface area contributed by atoms with Gasteiger partial charge in [-0.3, -0.25) is 14.9 Å². The molecule has 0 radical (unpaired) electrons. The van der Waals surface area contributed by atoms with E-state index in [0.717, 1.165) is 18.9 Å². The van der Waals surface area contributed by atoms with Crippen molar-refractivity contribution >= 4 is 23.6 Å². The molecule has 1 heterocycles. The summed E-state index contributed by atoms with van der Waals surface area (Å²) in [4.78, 5) is 35.5. The fourth-order valence-corrected chi connectivity index (χ4v) is 2.44. The van der Waals surface area contributed by atoms with Crippen molar-refractivity contribution in [3.63, 3.8) is 0 Å². The molecule has 128 valence electrons. The Morgan fingerprint density at radius 1 is 1.38 bits per heavy atom. The van der Waals surface area contributed by atoms with E-state index < -0.39 is 10.9 Å². The summed E-state index contributed by atoms with van der Waals surface area (Å²) in [6.45, 7) is 3.26. The third-order valence-electron chi connectivity index (χ3n) is 3.97. The van der Waals surface area contributed by atoms with Crippen molar-refractivity contribution in [1.29, 1.82) is 0 Å². The lowest BCUT2D eigenvalue weighted by Crippen LogP contribution is -2.40. The molecule has 0 aromatic heterocycles. The Bertz CT molecular complexity index is 648. The SMILES string of the molecule is CC1CCN(C(=O)COC(=O)/C=C/c2cccc([N+](=O)[O-])c2)CC1. The van der Waals surface area contributed by atoms with Gasteiger partial charge in [0, 0.05) is 31.3 Å². The van der Waals surface area contributed by atoms with Crippen LogP contribution >= 0.6 is 0 Å². The maximum absolute atomic E-state index is 12.0. The van der Waals surface area contributed by atoms with Crippen LogP contribution in [0.2, 0.25) is 0 Å². The molecule has 1 aromatic carbocycles. The Hall–Kier alpha value is -2.70. The highest BCUT2D eigenvalue weighted by atomic mass is 16.6. The molecule has 1 fully saturated rings. The van der Waals surface area contributed by atoms with Crippen LogP contribution in [0.25, 0.3) is 6.08 Å². The minimum absolute atomic E-state index is 0.0555. The number of amides is 1. The number of benzene rings is 1. The Morgan fingerprint density at radius 2 is 2.08 bits per heavy atom. The maximum Gasteiger partial charge on any atom is 0.331 e. The average Bonchev–Trinajstić information content (AvgIpc) is 2.58. The van der Waals surface area contributed by atoms with Crippen LogP contribution in [-0.4, -0.2) is 41.4 Å². The Morgan fingerprint density at radius 3 is 2.75 bits per heavy atom. The number of carbonyl (C=O) groups is 2. The highest BCUT2D eigenvalue weighted by Crippen LogP contribution is 2.16. The van der Waals surface area contributed by atoms with Gasteiger partial charge in [-0.05, 0) is 30.4 Å². The molecule has 2 rings (SSSR count). The van der Waals surface area contributed by atoms with Gasteiger partial charge in [-0.1, -0.05) is 19.1 Å². The Balaban J connectivity index is 1.81. The summed E-state index contributed by atoms with van der Waals surface area (Å²) in [5.74, 6) is -0.228. The van der Waals surface area contributed by atoms with Crippen LogP contribution in [0.3, 0.4) is 0 Å². The monoisotopic (exact) mass is 332 g/mol. The molecule has 1 amide bonds. The second-order valence-electron chi connectivity index (χ2n) is 5.86. The summed E-state index contributed by atoms with van der Waals surface area (Å²) in [5.41, 5.74) is 0.456. The molecule has 7 heteroatoms. The zero-order valence-electron chi connectivity index (χ0n) is 13.5. The molecule has 1 aromatic rings. The van der Waals surface area contributed by atoms with Gasteiger partial charge in [-0.15, -0.1) is 0 Å². The molecular formula is C17H20N2O5. The number of ether oxygens (including phenoxy) is 1. The normalized spacial score (nSPS) is 15.5. The predicted octanol–water partition coefficient (Wildman–Crippen LogP) is 2.41. The highest BCUT2D eigenvalue weighted by Gasteiger charge is 2.20. The first-order valence-electron chi connectivity index (χ1n) is 7.83. The number of likely N-dealkylation sites (tertiary alicyclic amines) is 1. The van der Waals surface area contributed by atoms with E-state index in [9.17, 15) is 19.7 Å². The van der Waals surface area contributed by atoms with E-state index >= 15 is 0 Å². The minimum Gasteiger partial charge on any atom is -0.452 e. The van der Waals surface area contributed by atoms with Gasteiger partial charge in [0.1, 0.15) is 0 Å². The summed E-state index contributed by atoms with van der Waals surface area (Å²) in [7, 11) is 0. The van der Waals surface area contributed by atoms with Crippen molar-refractivity contribution in [3.8, 4) is 0 Å². The van der Waals surface area contributed by atoms with Crippen molar-refractivity contribution in [2.45, 2.75) is 19.8 Å². The molecule has 7 nitrogen and oxygen atoms in total. The van der Waals surface area contributed by atoms with E-state index in [1.807, 2.05) is 0 Å². The minimum atomic E-state index is -0.653. The molecule has 24 heavy (non-hydrogen) atoms. The fourth-order valence-electron chi connectivity index (χ4n) is 2.44. The first-order valence-corrected chi connectivity index (χ1v) is 7.83. The second kappa shape index (κ2) is 8.24. The first-order chi connectivity index (χ1) is 11.5. The number of nitrogens with zero attached hydrogens (tertiary/aromatic N) is 2. The van der Waals surface area contributed by atoms with Crippen LogP contribution in [-0.2, 0) is 14.3 Å². The van der Waals surface area contributed by atoms with E-state index in [1.54, 1.807) is 11.0 Å². The number of nitro benzene ring substituents is 1. The molecule has 0 atom stereocenters. The number of non-ortho nitro benzene ring substituents is 1. The molecule has 0 N–H and O–H groups in total. The van der Waals surface area contributed by atoms with Crippen molar-refractivity contribution in [1.82, 2.24) is 4.90 Å². The molecule has 0 bridgehead atoms. The molecular weight excluding hydrogens is 312 g/mol. The molecule has 1 saturated heterocycles. The number of esters is 1. The second-order valence-corrected chi connectivity index (χ2v) is 5.86. The smallest absolute Gasteiger partial charge is 0.331 e. The van der Waals surface area contributed by atoms with Gasteiger partial charge in [0.2, 0.25) is 0 Å². The van der Waals surface area contributed by atoms with Crippen LogP contribution in [0.15, 0.2) is 30.3 Å². The van der Waals surface area contributed by atoms with E-state index in [1.165, 1.54) is 24.3 Å². The molecule has 1 aliphatic rings. The average molecular weight is 332 g/mol. The number of rotatable bonds is 5. The largest absolute Gasteiger partial charge is 0.452 e. The zero-order chi connectivity index (χ0) is 17.5. The van der Waals surface area contributed by atoms with Gasteiger partial charge in [0.25, 0.3) is 11.6 Å². The zero-order valence-corrected chi connectivity index (χ0v) is 13.5. The third-order valence-corrected chi connectivity index (χ3v) is 3.97. The summed E-state index contributed by atoms with van der Waals surface area (Å²) >= 11 is 0. The number of hydrogen-bond acceptors (Lipinski definition) is 5. The lowest BCUT2D eigenvalue weighted by Gasteiger charge is -2.30. The van der Waals surface area contributed by atoms with Crippen molar-refractivity contribution < 1.29 is 19.2 Å². The number of hydrogen-bond donors (Lipinski definition) is 0. The summed E-state index contributed by atoms with van der Waals surface area (Å²) in [6, 6.07) is 5.89.